The number of halogens is 1. The minimum Gasteiger partial charge on any atom is -0.478 e. The highest BCUT2D eigenvalue weighted by Gasteiger charge is 2.37. The molecule has 44 heavy (non-hydrogen) atoms. The van der Waals surface area contributed by atoms with Crippen molar-refractivity contribution >= 4 is 27.5 Å². The lowest BCUT2D eigenvalue weighted by Crippen LogP contribution is -2.57. The average Bonchev–Trinajstić information content (AvgIpc) is 3.58. The van der Waals surface area contributed by atoms with Crippen LogP contribution in [0, 0.1) is 24.1 Å². The molecule has 0 bridgehead atoms. The number of fused-ring (bicyclic) bond motifs is 1. The van der Waals surface area contributed by atoms with Crippen molar-refractivity contribution in [1.82, 2.24) is 29.4 Å². The molecule has 0 saturated heterocycles. The molecule has 0 aliphatic heterocycles. The van der Waals surface area contributed by atoms with Gasteiger partial charge < -0.3 is 15.2 Å². The van der Waals surface area contributed by atoms with Gasteiger partial charge in [-0.2, -0.15) is 15.5 Å². The van der Waals surface area contributed by atoms with E-state index in [4.69, 9.17) is 15.1 Å². The predicted octanol–water partition coefficient (Wildman–Crippen LogP) is 3.19. The molecule has 1 aliphatic carbocycles. The Hall–Kier alpha value is -4.35. The molecular weight excluding hydrogens is 589 g/mol. The Morgan fingerprint density at radius 3 is 2.52 bits per heavy atom. The Kier molecular flexibility index (Phi) is 10.0. The summed E-state index contributed by atoms with van der Waals surface area (Å²) in [5.41, 5.74) is -1.71. The van der Waals surface area contributed by atoms with Crippen molar-refractivity contribution < 1.29 is 19.0 Å². The summed E-state index contributed by atoms with van der Waals surface area (Å²) in [7, 11) is 0. The molecule has 1 fully saturated rings. The fourth-order valence-corrected chi connectivity index (χ4v) is 6.02. The van der Waals surface area contributed by atoms with Gasteiger partial charge in [0.1, 0.15) is 33.0 Å². The third-order valence-corrected chi connectivity index (χ3v) is 8.54. The van der Waals surface area contributed by atoms with E-state index in [1.54, 1.807) is 34.6 Å². The lowest BCUT2D eigenvalue weighted by atomic mass is 9.91. The van der Waals surface area contributed by atoms with Crippen LogP contribution < -0.4 is 21.3 Å². The van der Waals surface area contributed by atoms with E-state index in [-0.39, 0.29) is 37.1 Å². The van der Waals surface area contributed by atoms with E-state index >= 15 is 0 Å². The lowest BCUT2D eigenvalue weighted by Gasteiger charge is -2.32. The fourth-order valence-electron chi connectivity index (χ4n) is 4.78. The van der Waals surface area contributed by atoms with Gasteiger partial charge in [-0.05, 0) is 84.1 Å². The highest BCUT2D eigenvalue weighted by atomic mass is 32.1. The highest BCUT2D eigenvalue weighted by Crippen LogP contribution is 2.31. The van der Waals surface area contributed by atoms with Crippen molar-refractivity contribution in [3.8, 4) is 16.8 Å². The van der Waals surface area contributed by atoms with Gasteiger partial charge in [-0.15, -0.1) is 4.80 Å². The third-order valence-electron chi connectivity index (χ3n) is 7.26. The number of aliphatic hydroxyl groups excluding tert-OH is 1. The molecule has 3 heterocycles. The highest BCUT2D eigenvalue weighted by molar-refractivity contribution is 7.21. The number of nitriles is 1. The van der Waals surface area contributed by atoms with E-state index in [1.807, 2.05) is 6.07 Å². The fraction of sp³-hybridized carbons (Fsp3) is 0.467. The number of nitrogens with zero attached hydrogens (tertiary/aromatic N) is 6. The molecule has 1 amide bonds. The van der Waals surface area contributed by atoms with Gasteiger partial charge in [0.05, 0.1) is 17.8 Å². The molecule has 14 heteroatoms. The van der Waals surface area contributed by atoms with E-state index < -0.39 is 28.5 Å². The minimum absolute atomic E-state index is 0.0219. The summed E-state index contributed by atoms with van der Waals surface area (Å²) in [5.74, 6) is -0.583. The normalized spacial score (nSPS) is 13.2. The number of amides is 1. The van der Waals surface area contributed by atoms with Gasteiger partial charge in [0.15, 0.2) is 6.61 Å². The molecule has 4 aromatic rings. The molecule has 12 nitrogen and oxygen atoms in total. The van der Waals surface area contributed by atoms with Crippen molar-refractivity contribution in [2.24, 2.45) is 0 Å². The number of hydrogen-bond donors (Lipinski definition) is 2. The number of rotatable bonds is 9. The van der Waals surface area contributed by atoms with Gasteiger partial charge in [0, 0.05) is 24.3 Å². The van der Waals surface area contributed by atoms with E-state index in [0.717, 1.165) is 23.8 Å². The molecule has 234 valence electrons. The van der Waals surface area contributed by atoms with Gasteiger partial charge >= 0.3 is 5.69 Å². The Morgan fingerprint density at radius 2 is 1.93 bits per heavy atom. The zero-order valence-corrected chi connectivity index (χ0v) is 26.2. The second-order valence-corrected chi connectivity index (χ2v) is 12.3. The van der Waals surface area contributed by atoms with Crippen LogP contribution in [0.2, 0.25) is 0 Å². The maximum atomic E-state index is 14.1. The summed E-state index contributed by atoms with van der Waals surface area (Å²) >= 11 is 1.18. The first-order chi connectivity index (χ1) is 20.9. The first-order valence-corrected chi connectivity index (χ1v) is 15.1. The smallest absolute Gasteiger partial charge is 0.333 e. The molecule has 3 aromatic heterocycles. The van der Waals surface area contributed by atoms with Crippen LogP contribution in [0.25, 0.3) is 15.2 Å². The van der Waals surface area contributed by atoms with Crippen LogP contribution in [-0.4, -0.2) is 53.9 Å². The number of aryl methyl sites for hydroxylation is 3. The summed E-state index contributed by atoms with van der Waals surface area (Å²) in [4.78, 5) is 43.1. The molecule has 1 saturated carbocycles. The number of aliphatic hydroxyl groups is 1. The third kappa shape index (κ3) is 6.74. The molecule has 0 atom stereocenters. The molecule has 0 radical (unpaired) electrons. The number of carbonyl (C=O) groups excluding carboxylic acids is 1. The summed E-state index contributed by atoms with van der Waals surface area (Å²) < 4.78 is 22.0. The van der Waals surface area contributed by atoms with Crippen molar-refractivity contribution in [1.29, 1.82) is 5.26 Å². The van der Waals surface area contributed by atoms with Crippen LogP contribution in [0.5, 0.6) is 5.75 Å². The lowest BCUT2D eigenvalue weighted by molar-refractivity contribution is -0.130. The number of thiophene rings is 1. The van der Waals surface area contributed by atoms with Gasteiger partial charge in [0.25, 0.3) is 5.56 Å². The second kappa shape index (κ2) is 13.5. The first-order valence-electron chi connectivity index (χ1n) is 14.3. The van der Waals surface area contributed by atoms with E-state index in [9.17, 15) is 18.8 Å². The standard InChI is InChI=1S/C27H28FN7O4S.C3H8O/c1-16-21-22(36)34(27(2,3)25(37)32-19-5-4-6-19)26(38)33(24(21)40-23(16)35-30-11-12-31-35)13-9-17-15-18(28)7-8-20(17)39-14-10-29;1-3(2)4/h7-8,11-12,15,19H,4-6,9,13-14H2,1-3H3,(H,32,37);3-4H,1-2H3. The second-order valence-electron chi connectivity index (χ2n) is 11.3. The zero-order chi connectivity index (χ0) is 32.2. The quantitative estimate of drug-likeness (QED) is 0.287. The van der Waals surface area contributed by atoms with Crippen molar-refractivity contribution in [2.45, 2.75) is 84.5 Å². The molecular formula is C30H36FN7O5S. The van der Waals surface area contributed by atoms with Crippen LogP contribution >= 0.6 is 11.3 Å². The summed E-state index contributed by atoms with van der Waals surface area (Å²) in [6.07, 6.45) is 5.74. The number of aromatic nitrogens is 5. The summed E-state index contributed by atoms with van der Waals surface area (Å²) in [5, 5.41) is 29.1. The van der Waals surface area contributed by atoms with Crippen LogP contribution in [0.3, 0.4) is 0 Å². The average molecular weight is 626 g/mol. The Morgan fingerprint density at radius 1 is 1.27 bits per heavy atom. The van der Waals surface area contributed by atoms with E-state index in [0.29, 0.717) is 26.7 Å². The van der Waals surface area contributed by atoms with Crippen LogP contribution in [-0.2, 0) is 23.3 Å². The molecule has 0 unspecified atom stereocenters. The Labute approximate surface area is 257 Å². The van der Waals surface area contributed by atoms with Gasteiger partial charge in [-0.1, -0.05) is 11.3 Å². The van der Waals surface area contributed by atoms with Crippen molar-refractivity contribution in [3.63, 3.8) is 0 Å². The van der Waals surface area contributed by atoms with Crippen molar-refractivity contribution in [2.75, 3.05) is 6.61 Å². The first kappa shape index (κ1) is 32.6. The van der Waals surface area contributed by atoms with Gasteiger partial charge in [-0.3, -0.25) is 14.2 Å². The van der Waals surface area contributed by atoms with Crippen LogP contribution in [0.15, 0.2) is 40.2 Å². The Balaban J connectivity index is 0.00000104. The van der Waals surface area contributed by atoms with Crippen molar-refractivity contribution in [3.05, 3.63) is 68.4 Å². The molecule has 0 spiro atoms. The number of hydrogen-bond acceptors (Lipinski definition) is 9. The number of benzene rings is 1. The Bertz CT molecular complexity index is 1790. The largest absolute Gasteiger partial charge is 0.478 e. The number of carbonyl (C=O) groups is 1. The predicted molar refractivity (Wildman–Crippen MR) is 164 cm³/mol. The summed E-state index contributed by atoms with van der Waals surface area (Å²) in [6.45, 7) is 8.13. The SMILES string of the molecule is CC(C)O.Cc1c(-n2nccn2)sc2c1c(=O)n(C(C)(C)C(=O)NC1CCC1)c(=O)n2CCc1cc(F)ccc1OCC#N. The van der Waals surface area contributed by atoms with E-state index in [1.165, 1.54) is 51.3 Å². The molecule has 5 rings (SSSR count). The number of nitrogens with one attached hydrogen (secondary N) is 1. The topological polar surface area (TPSA) is 157 Å². The maximum Gasteiger partial charge on any atom is 0.333 e. The van der Waals surface area contributed by atoms with Crippen LogP contribution in [0.1, 0.15) is 58.1 Å². The van der Waals surface area contributed by atoms with Gasteiger partial charge in [-0.25, -0.2) is 13.8 Å². The number of ether oxygens (including phenoxy) is 1. The molecule has 1 aliphatic rings. The minimum atomic E-state index is -1.49. The van der Waals surface area contributed by atoms with E-state index in [2.05, 4.69) is 15.5 Å². The zero-order valence-electron chi connectivity index (χ0n) is 25.3. The molecule has 1 aromatic carbocycles. The summed E-state index contributed by atoms with van der Waals surface area (Å²) in [6, 6.07) is 5.87. The molecule has 2 N–H and O–H groups in total. The monoisotopic (exact) mass is 625 g/mol. The van der Waals surface area contributed by atoms with Crippen LogP contribution in [0.4, 0.5) is 4.39 Å². The maximum absolute atomic E-state index is 14.1. The van der Waals surface area contributed by atoms with Gasteiger partial charge in [0.2, 0.25) is 5.91 Å².